The molecule has 7 heteroatoms. The van der Waals surface area contributed by atoms with Crippen molar-refractivity contribution in [1.82, 2.24) is 0 Å². The Labute approximate surface area is 103 Å². The molecule has 0 aromatic carbocycles. The molecule has 1 N–H and O–H groups in total. The molecule has 4 nitrogen and oxygen atoms in total. The second-order valence-corrected chi connectivity index (χ2v) is 7.81. The Morgan fingerprint density at radius 3 is 2.69 bits per heavy atom. The van der Waals surface area contributed by atoms with Gasteiger partial charge in [-0.15, -0.1) is 0 Å². The maximum absolute atomic E-state index is 9.84. The molecule has 2 radical (unpaired) electrons. The number of rotatable bonds is 5. The van der Waals surface area contributed by atoms with E-state index in [1.807, 2.05) is 13.8 Å². The van der Waals surface area contributed by atoms with Gasteiger partial charge in [-0.3, -0.25) is 0 Å². The molecule has 0 bridgehead atoms. The van der Waals surface area contributed by atoms with E-state index in [4.69, 9.17) is 33.7 Å². The van der Waals surface area contributed by atoms with Crippen LogP contribution in [0.5, 0.6) is 0 Å². The Morgan fingerprint density at radius 2 is 2.19 bits per heavy atom. The highest BCUT2D eigenvalue weighted by molar-refractivity contribution is 8.09. The average molecular weight is 264 g/mol. The van der Waals surface area contributed by atoms with Gasteiger partial charge >= 0.3 is 0 Å². The van der Waals surface area contributed by atoms with E-state index in [1.54, 1.807) is 7.11 Å². The van der Waals surface area contributed by atoms with E-state index in [2.05, 4.69) is 0 Å². The molecule has 16 heavy (non-hydrogen) atoms. The van der Waals surface area contributed by atoms with Crippen LogP contribution in [0.25, 0.3) is 0 Å². The van der Waals surface area contributed by atoms with E-state index in [1.165, 1.54) is 0 Å². The third-order valence-electron chi connectivity index (χ3n) is 2.75. The summed E-state index contributed by atoms with van der Waals surface area (Å²) in [6.07, 6.45) is -0.0951. The molecule has 1 aliphatic heterocycles. The highest BCUT2D eigenvalue weighted by Crippen LogP contribution is 2.47. The molecule has 1 heterocycles. The first-order chi connectivity index (χ1) is 7.41. The largest absolute Gasteiger partial charge is 0.382 e. The van der Waals surface area contributed by atoms with E-state index in [0.29, 0.717) is 12.8 Å². The molecule has 92 valence electrons. The van der Waals surface area contributed by atoms with Gasteiger partial charge in [0.25, 0.3) is 0 Å². The summed E-state index contributed by atoms with van der Waals surface area (Å²) in [7, 11) is 7.38. The van der Waals surface area contributed by atoms with Crippen molar-refractivity contribution >= 4 is 26.1 Å². The molecule has 0 aliphatic carbocycles. The minimum Gasteiger partial charge on any atom is -0.382 e. The van der Waals surface area contributed by atoms with Crippen molar-refractivity contribution in [1.29, 1.82) is 0 Å². The van der Waals surface area contributed by atoms with Crippen LogP contribution in [0.3, 0.4) is 0 Å². The Morgan fingerprint density at radius 1 is 1.56 bits per heavy atom. The molecule has 0 aromatic rings. The van der Waals surface area contributed by atoms with Gasteiger partial charge in [0, 0.05) is 25.2 Å². The van der Waals surface area contributed by atoms with Crippen molar-refractivity contribution < 1.29 is 18.9 Å². The minimum atomic E-state index is -2.71. The van der Waals surface area contributed by atoms with Crippen molar-refractivity contribution in [2.24, 2.45) is 5.92 Å². The summed E-state index contributed by atoms with van der Waals surface area (Å²) >= 11 is 5.02. The fourth-order valence-electron chi connectivity index (χ4n) is 1.66. The van der Waals surface area contributed by atoms with Gasteiger partial charge in [-0.2, -0.15) is 0 Å². The van der Waals surface area contributed by atoms with E-state index in [-0.39, 0.29) is 18.1 Å². The number of methoxy groups -OCH3 is 1. The smallest absolute Gasteiger partial charge is 0.186 e. The number of hydrogen-bond acceptors (Lipinski definition) is 4. The Hall–Kier alpha value is 0.555. The highest BCUT2D eigenvalue weighted by Gasteiger charge is 2.42. The zero-order valence-electron chi connectivity index (χ0n) is 9.83. The molecule has 2 unspecified atom stereocenters. The first kappa shape index (κ1) is 14.6. The summed E-state index contributed by atoms with van der Waals surface area (Å²) < 4.78 is 16.1. The Balaban J connectivity index is 2.70. The summed E-state index contributed by atoms with van der Waals surface area (Å²) in [5.41, 5.74) is 0. The lowest BCUT2D eigenvalue weighted by molar-refractivity contribution is -0.0105. The molecule has 0 aromatic heterocycles. The lowest BCUT2D eigenvalue weighted by Gasteiger charge is -2.25. The van der Waals surface area contributed by atoms with Gasteiger partial charge in [0.15, 0.2) is 6.49 Å². The normalized spacial score (nSPS) is 38.5. The van der Waals surface area contributed by atoms with Gasteiger partial charge in [-0.1, -0.05) is 13.8 Å². The zero-order valence-corrected chi connectivity index (χ0v) is 11.5. The molecule has 0 spiro atoms. The maximum atomic E-state index is 9.84. The van der Waals surface area contributed by atoms with E-state index >= 15 is 0 Å². The molecule has 0 amide bonds. The van der Waals surface area contributed by atoms with Gasteiger partial charge in [0.05, 0.1) is 12.7 Å². The molecular formula is C9H18BO4PS. The summed E-state index contributed by atoms with van der Waals surface area (Å²) in [5.74, 6) is 0.00109. The first-order valence-electron chi connectivity index (χ1n) is 5.31. The molecule has 1 aliphatic rings. The van der Waals surface area contributed by atoms with Crippen LogP contribution in [0.15, 0.2) is 0 Å². The van der Waals surface area contributed by atoms with Crippen LogP contribution in [-0.4, -0.2) is 50.8 Å². The van der Waals surface area contributed by atoms with Crippen LogP contribution >= 0.6 is 6.49 Å². The lowest BCUT2D eigenvalue weighted by atomic mass is 9.86. The third kappa shape index (κ3) is 3.52. The van der Waals surface area contributed by atoms with Crippen molar-refractivity contribution in [3.63, 3.8) is 0 Å². The van der Waals surface area contributed by atoms with Crippen molar-refractivity contribution in [3.8, 4) is 0 Å². The monoisotopic (exact) mass is 264 g/mol. The topological polar surface area (TPSA) is 47.9 Å². The highest BCUT2D eigenvalue weighted by atomic mass is 32.5. The van der Waals surface area contributed by atoms with Gasteiger partial charge in [-0.25, -0.2) is 0 Å². The van der Waals surface area contributed by atoms with Crippen LogP contribution < -0.4 is 0 Å². The lowest BCUT2D eigenvalue weighted by Crippen LogP contribution is -2.31. The summed E-state index contributed by atoms with van der Waals surface area (Å²) in [5, 5.41) is 0. The summed E-state index contributed by atoms with van der Waals surface area (Å²) in [4.78, 5) is 9.84. The number of hydrogen-bond donors (Lipinski definition) is 1. The average Bonchev–Trinajstić information content (AvgIpc) is 2.47. The quantitative estimate of drug-likeness (QED) is 0.589. The minimum absolute atomic E-state index is 0.00109. The first-order valence-corrected chi connectivity index (χ1v) is 8.17. The molecule has 5 atom stereocenters. The van der Waals surface area contributed by atoms with Crippen LogP contribution in [-0.2, 0) is 25.8 Å². The van der Waals surface area contributed by atoms with Crippen LogP contribution in [0, 0.1) is 5.92 Å². The van der Waals surface area contributed by atoms with Gasteiger partial charge in [-0.05, 0) is 11.8 Å². The molecule has 1 rings (SSSR count). The number of ether oxygens (including phenoxy) is 2. The molecular weight excluding hydrogens is 246 g/mol. The third-order valence-corrected chi connectivity index (χ3v) is 5.16. The summed E-state index contributed by atoms with van der Waals surface area (Å²) in [6.45, 7) is 1.42. The zero-order chi connectivity index (χ0) is 12.3. The Bertz CT molecular complexity index is 278. The molecule has 1 fully saturated rings. The van der Waals surface area contributed by atoms with Crippen LogP contribution in [0.2, 0.25) is 0 Å². The van der Waals surface area contributed by atoms with Crippen LogP contribution in [0.1, 0.15) is 13.8 Å². The van der Waals surface area contributed by atoms with E-state index in [9.17, 15) is 4.89 Å². The van der Waals surface area contributed by atoms with E-state index < -0.39 is 12.5 Å². The van der Waals surface area contributed by atoms with Gasteiger partial charge in [0.2, 0.25) is 0 Å². The fourth-order valence-corrected chi connectivity index (χ4v) is 2.81. The molecule has 1 saturated heterocycles. The Kier molecular flexibility index (Phi) is 5.43. The standard InChI is InChI=1S/C9H18BO4PS/c1-4-15(11,16)14-8-6(2)9(10)13-7(8)5-12-3/h6-9H,4-5H2,1-3H3,(H,11,16)/t6?,7-,8-,9-,15?/m1/s1. The van der Waals surface area contributed by atoms with Crippen LogP contribution in [0.4, 0.5) is 0 Å². The molecule has 0 saturated carbocycles. The SMILES string of the molecule is [B][C@@H]1O[C@H](COC)[C@H](OP(O)(=S)CC)C1C. The fraction of sp³-hybridized carbons (Fsp3) is 1.00. The van der Waals surface area contributed by atoms with Gasteiger partial charge < -0.3 is 18.9 Å². The van der Waals surface area contributed by atoms with Crippen molar-refractivity contribution in [2.75, 3.05) is 19.9 Å². The summed E-state index contributed by atoms with van der Waals surface area (Å²) in [6, 6.07) is -0.392. The maximum Gasteiger partial charge on any atom is 0.186 e. The predicted octanol–water partition coefficient (Wildman–Crippen LogP) is 0.869. The van der Waals surface area contributed by atoms with Crippen molar-refractivity contribution in [3.05, 3.63) is 0 Å². The predicted molar refractivity (Wildman–Crippen MR) is 67.4 cm³/mol. The second-order valence-electron chi connectivity index (χ2n) is 3.98. The second kappa shape index (κ2) is 5.94. The van der Waals surface area contributed by atoms with E-state index in [0.717, 1.165) is 0 Å². The van der Waals surface area contributed by atoms with Crippen molar-refractivity contribution in [2.45, 2.75) is 32.1 Å². The van der Waals surface area contributed by atoms with Gasteiger partial charge in [0.1, 0.15) is 14.0 Å².